The number of anilines is 1. The zero-order chi connectivity index (χ0) is 16.4. The molecule has 0 aliphatic carbocycles. The van der Waals surface area contributed by atoms with Crippen LogP contribution in [0.2, 0.25) is 0 Å². The Morgan fingerprint density at radius 1 is 1.48 bits per heavy atom. The van der Waals surface area contributed by atoms with Gasteiger partial charge in [0.15, 0.2) is 17.0 Å². The van der Waals surface area contributed by atoms with E-state index in [0.29, 0.717) is 36.7 Å². The number of carbonyl (C=O) groups excluding carboxylic acids is 1. The highest BCUT2D eigenvalue weighted by atomic mass is 16.5. The van der Waals surface area contributed by atoms with E-state index in [4.69, 9.17) is 4.74 Å². The Morgan fingerprint density at radius 3 is 2.87 bits per heavy atom. The Labute approximate surface area is 133 Å². The Balaban J connectivity index is 1.89. The van der Waals surface area contributed by atoms with Crippen molar-refractivity contribution >= 4 is 22.9 Å². The minimum Gasteiger partial charge on any atom is -0.396 e. The van der Waals surface area contributed by atoms with Crippen LogP contribution in [0.3, 0.4) is 0 Å². The number of nitrogens with one attached hydrogen (secondary N) is 1. The van der Waals surface area contributed by atoms with E-state index in [2.05, 4.69) is 20.3 Å². The van der Waals surface area contributed by atoms with E-state index in [1.54, 1.807) is 25.3 Å². The molecule has 0 aromatic carbocycles. The summed E-state index contributed by atoms with van der Waals surface area (Å²) >= 11 is 0. The maximum absolute atomic E-state index is 11.5. The van der Waals surface area contributed by atoms with Crippen LogP contribution in [0.15, 0.2) is 12.7 Å². The van der Waals surface area contributed by atoms with E-state index in [1.165, 1.54) is 6.33 Å². The minimum absolute atomic E-state index is 0.0567. The van der Waals surface area contributed by atoms with Gasteiger partial charge in [-0.05, 0) is 0 Å². The van der Waals surface area contributed by atoms with Crippen molar-refractivity contribution in [2.24, 2.45) is 5.41 Å². The molecule has 0 spiro atoms. The van der Waals surface area contributed by atoms with Crippen molar-refractivity contribution in [2.45, 2.75) is 6.54 Å². The Bertz CT molecular complexity index is 706. The average Bonchev–Trinajstić information content (AvgIpc) is 2.93. The lowest BCUT2D eigenvalue weighted by molar-refractivity contribution is -0.144. The highest BCUT2D eigenvalue weighted by Gasteiger charge is 2.39. The summed E-state index contributed by atoms with van der Waals surface area (Å²) in [5.74, 6) is 0.491. The van der Waals surface area contributed by atoms with Crippen LogP contribution >= 0.6 is 0 Å². The molecule has 2 aromatic heterocycles. The van der Waals surface area contributed by atoms with E-state index in [-0.39, 0.29) is 24.5 Å². The standard InChI is InChI=1S/C14H20N6O3/c1-15-10(22)3-19(2)12-11-13(17-8-16-12)20(9-18-11)4-14(5-21)6-23-7-14/h8-9,21H,3-7H2,1-2H3,(H,15,22). The summed E-state index contributed by atoms with van der Waals surface area (Å²) in [5, 5.41) is 12.2. The van der Waals surface area contributed by atoms with E-state index in [1.807, 2.05) is 4.57 Å². The van der Waals surface area contributed by atoms with Crippen LogP contribution in [-0.4, -0.2) is 71.0 Å². The largest absolute Gasteiger partial charge is 0.396 e. The number of likely N-dealkylation sites (N-methyl/N-ethyl adjacent to an activating group) is 2. The summed E-state index contributed by atoms with van der Waals surface area (Å²) in [5.41, 5.74) is 1.04. The first-order chi connectivity index (χ1) is 11.1. The second-order valence-corrected chi connectivity index (χ2v) is 5.92. The van der Waals surface area contributed by atoms with Gasteiger partial charge in [-0.3, -0.25) is 4.79 Å². The summed E-state index contributed by atoms with van der Waals surface area (Å²) in [6.07, 6.45) is 3.14. The normalized spacial score (nSPS) is 16.1. The molecule has 2 aromatic rings. The third-order valence-electron chi connectivity index (χ3n) is 4.06. The van der Waals surface area contributed by atoms with Gasteiger partial charge >= 0.3 is 0 Å². The first-order valence-corrected chi connectivity index (χ1v) is 7.35. The SMILES string of the molecule is CNC(=O)CN(C)c1ncnc2c1ncn2CC1(CO)COC1. The summed E-state index contributed by atoms with van der Waals surface area (Å²) in [7, 11) is 3.38. The van der Waals surface area contributed by atoms with Crippen molar-refractivity contribution in [3.63, 3.8) is 0 Å². The van der Waals surface area contributed by atoms with Crippen LogP contribution in [0.4, 0.5) is 5.82 Å². The Morgan fingerprint density at radius 2 is 2.26 bits per heavy atom. The zero-order valence-electron chi connectivity index (χ0n) is 13.2. The van der Waals surface area contributed by atoms with E-state index >= 15 is 0 Å². The fourth-order valence-corrected chi connectivity index (χ4v) is 2.62. The molecule has 0 bridgehead atoms. The summed E-state index contributed by atoms with van der Waals surface area (Å²) in [6, 6.07) is 0. The van der Waals surface area contributed by atoms with Crippen molar-refractivity contribution in [1.82, 2.24) is 24.8 Å². The number of hydrogen-bond acceptors (Lipinski definition) is 7. The van der Waals surface area contributed by atoms with Gasteiger partial charge in [-0.25, -0.2) is 15.0 Å². The first-order valence-electron chi connectivity index (χ1n) is 7.35. The number of imidazole rings is 1. The van der Waals surface area contributed by atoms with Gasteiger partial charge in [-0.1, -0.05) is 0 Å². The minimum atomic E-state index is -0.271. The van der Waals surface area contributed by atoms with E-state index < -0.39 is 0 Å². The summed E-state index contributed by atoms with van der Waals surface area (Å²) < 4.78 is 7.12. The average molecular weight is 320 g/mol. The van der Waals surface area contributed by atoms with Gasteiger partial charge in [0, 0.05) is 20.6 Å². The molecular weight excluding hydrogens is 300 g/mol. The van der Waals surface area contributed by atoms with Crippen molar-refractivity contribution < 1.29 is 14.6 Å². The topological polar surface area (TPSA) is 105 Å². The van der Waals surface area contributed by atoms with Crippen LogP contribution in [0.25, 0.3) is 11.2 Å². The van der Waals surface area contributed by atoms with Gasteiger partial charge in [-0.15, -0.1) is 0 Å². The molecule has 1 saturated heterocycles. The van der Waals surface area contributed by atoms with Crippen LogP contribution in [0, 0.1) is 5.41 Å². The van der Waals surface area contributed by atoms with Gasteiger partial charge < -0.3 is 24.6 Å². The van der Waals surface area contributed by atoms with Crippen LogP contribution in [0.5, 0.6) is 0 Å². The van der Waals surface area contributed by atoms with Crippen molar-refractivity contribution in [1.29, 1.82) is 0 Å². The lowest BCUT2D eigenvalue weighted by Crippen LogP contribution is -2.48. The predicted molar refractivity (Wildman–Crippen MR) is 83.0 cm³/mol. The molecule has 0 saturated carbocycles. The highest BCUT2D eigenvalue weighted by molar-refractivity contribution is 5.87. The molecule has 0 unspecified atom stereocenters. The summed E-state index contributed by atoms with van der Waals surface area (Å²) in [4.78, 5) is 26.2. The number of aromatic nitrogens is 4. The van der Waals surface area contributed by atoms with Gasteiger partial charge in [0.1, 0.15) is 6.33 Å². The maximum atomic E-state index is 11.5. The number of nitrogens with zero attached hydrogens (tertiary/aromatic N) is 5. The fraction of sp³-hybridized carbons (Fsp3) is 0.571. The second kappa shape index (κ2) is 6.09. The molecule has 3 heterocycles. The molecule has 3 rings (SSSR count). The second-order valence-electron chi connectivity index (χ2n) is 5.92. The lowest BCUT2D eigenvalue weighted by atomic mass is 9.87. The third kappa shape index (κ3) is 2.84. The monoisotopic (exact) mass is 320 g/mol. The molecule has 124 valence electrons. The number of fused-ring (bicyclic) bond motifs is 1. The van der Waals surface area contributed by atoms with Crippen LogP contribution < -0.4 is 10.2 Å². The number of aliphatic hydroxyl groups excluding tert-OH is 1. The lowest BCUT2D eigenvalue weighted by Gasteiger charge is -2.39. The highest BCUT2D eigenvalue weighted by Crippen LogP contribution is 2.30. The molecule has 2 N–H and O–H groups in total. The first kappa shape index (κ1) is 15.6. The van der Waals surface area contributed by atoms with Gasteiger partial charge in [0.05, 0.1) is 38.1 Å². The fourth-order valence-electron chi connectivity index (χ4n) is 2.62. The van der Waals surface area contributed by atoms with Crippen molar-refractivity contribution in [2.75, 3.05) is 45.4 Å². The van der Waals surface area contributed by atoms with Gasteiger partial charge in [0.25, 0.3) is 0 Å². The molecule has 9 nitrogen and oxygen atoms in total. The third-order valence-corrected chi connectivity index (χ3v) is 4.06. The van der Waals surface area contributed by atoms with Gasteiger partial charge in [0.2, 0.25) is 5.91 Å². The quantitative estimate of drug-likeness (QED) is 0.704. The molecule has 9 heteroatoms. The molecule has 23 heavy (non-hydrogen) atoms. The van der Waals surface area contributed by atoms with Crippen molar-refractivity contribution in [3.05, 3.63) is 12.7 Å². The predicted octanol–water partition coefficient (Wildman–Crippen LogP) is -0.983. The number of aliphatic hydroxyl groups is 1. The molecular formula is C14H20N6O3. The molecule has 0 atom stereocenters. The van der Waals surface area contributed by atoms with E-state index in [0.717, 1.165) is 0 Å². The van der Waals surface area contributed by atoms with Crippen LogP contribution in [-0.2, 0) is 16.1 Å². The number of hydrogen-bond donors (Lipinski definition) is 2. The smallest absolute Gasteiger partial charge is 0.239 e. The summed E-state index contributed by atoms with van der Waals surface area (Å²) in [6.45, 7) is 1.87. The number of rotatable bonds is 6. The Kier molecular flexibility index (Phi) is 4.14. The zero-order valence-corrected chi connectivity index (χ0v) is 13.2. The van der Waals surface area contributed by atoms with Crippen LogP contribution in [0.1, 0.15) is 0 Å². The Hall–Kier alpha value is -2.26. The molecule has 1 amide bonds. The number of ether oxygens (including phenoxy) is 1. The molecule has 1 aliphatic heterocycles. The molecule has 1 aliphatic rings. The molecule has 0 radical (unpaired) electrons. The maximum Gasteiger partial charge on any atom is 0.239 e. The van der Waals surface area contributed by atoms with Crippen molar-refractivity contribution in [3.8, 4) is 0 Å². The number of carbonyl (C=O) groups is 1. The van der Waals surface area contributed by atoms with E-state index in [9.17, 15) is 9.90 Å². The number of amides is 1. The van der Waals surface area contributed by atoms with Gasteiger partial charge in [-0.2, -0.15) is 0 Å². The molecule has 1 fully saturated rings.